The fourth-order valence-electron chi connectivity index (χ4n) is 3.29. The van der Waals surface area contributed by atoms with Crippen LogP contribution in [0.1, 0.15) is 31.9 Å². The Morgan fingerprint density at radius 3 is 2.47 bits per heavy atom. The van der Waals surface area contributed by atoms with E-state index in [0.717, 1.165) is 18.5 Å². The smallest absolute Gasteiger partial charge is 0.322 e. The van der Waals surface area contributed by atoms with Crippen molar-refractivity contribution in [2.24, 2.45) is 7.05 Å². The number of nitrogens with one attached hydrogen (secondary N) is 1. The first-order valence-corrected chi connectivity index (χ1v) is 10.1. The van der Waals surface area contributed by atoms with E-state index in [0.29, 0.717) is 25.2 Å². The molecule has 160 valence electrons. The minimum Gasteiger partial charge on any atom is -0.353 e. The second kappa shape index (κ2) is 9.43. The normalized spacial score (nSPS) is 13.0. The van der Waals surface area contributed by atoms with Crippen molar-refractivity contribution in [2.75, 3.05) is 18.4 Å². The molecule has 9 heteroatoms. The molecule has 1 aromatic carbocycles. The van der Waals surface area contributed by atoms with E-state index in [-0.39, 0.29) is 24.2 Å². The van der Waals surface area contributed by atoms with Crippen LogP contribution < -0.4 is 5.32 Å². The highest BCUT2D eigenvalue weighted by molar-refractivity contribution is 5.92. The molecule has 0 saturated heterocycles. The number of nitro benzene ring substituents is 1. The van der Waals surface area contributed by atoms with Crippen LogP contribution in [0.5, 0.6) is 0 Å². The summed E-state index contributed by atoms with van der Waals surface area (Å²) in [5, 5.41) is 13.5. The van der Waals surface area contributed by atoms with Gasteiger partial charge in [0.15, 0.2) is 0 Å². The topological polar surface area (TPSA) is 101 Å². The molecule has 0 unspecified atom stereocenters. The number of nitro groups is 1. The van der Waals surface area contributed by atoms with Gasteiger partial charge in [-0.1, -0.05) is 6.92 Å². The number of aromatic nitrogens is 1. The molecule has 1 saturated carbocycles. The quantitative estimate of drug-likeness (QED) is 0.503. The predicted molar refractivity (Wildman–Crippen MR) is 113 cm³/mol. The Hall–Kier alpha value is -3.36. The van der Waals surface area contributed by atoms with Crippen molar-refractivity contribution in [1.82, 2.24) is 14.4 Å². The molecule has 30 heavy (non-hydrogen) atoms. The zero-order chi connectivity index (χ0) is 21.7. The van der Waals surface area contributed by atoms with Gasteiger partial charge in [0.1, 0.15) is 6.54 Å². The molecule has 3 rings (SSSR count). The summed E-state index contributed by atoms with van der Waals surface area (Å²) < 4.78 is 1.99. The monoisotopic (exact) mass is 413 g/mol. The average Bonchev–Trinajstić information content (AvgIpc) is 3.48. The molecule has 0 radical (unpaired) electrons. The highest BCUT2D eigenvalue weighted by Gasteiger charge is 2.34. The maximum absolute atomic E-state index is 13.0. The van der Waals surface area contributed by atoms with Crippen molar-refractivity contribution in [3.05, 3.63) is 58.4 Å². The van der Waals surface area contributed by atoms with Gasteiger partial charge in [0, 0.05) is 49.3 Å². The molecular formula is C21H27N5O4. The first-order valence-electron chi connectivity index (χ1n) is 10.1. The second-order valence-electron chi connectivity index (χ2n) is 7.52. The third-order valence-electron chi connectivity index (χ3n) is 5.13. The van der Waals surface area contributed by atoms with Gasteiger partial charge in [-0.05, 0) is 43.5 Å². The Kier molecular flexibility index (Phi) is 6.71. The molecule has 9 nitrogen and oxygen atoms in total. The Balaban J connectivity index is 1.65. The molecule has 1 aliphatic rings. The summed E-state index contributed by atoms with van der Waals surface area (Å²) in [5.74, 6) is -0.0778. The van der Waals surface area contributed by atoms with Crippen molar-refractivity contribution in [2.45, 2.75) is 38.8 Å². The first-order chi connectivity index (χ1) is 14.4. The molecule has 3 amide bonds. The lowest BCUT2D eigenvalue weighted by molar-refractivity contribution is -0.384. The highest BCUT2D eigenvalue weighted by atomic mass is 16.6. The number of hydrogen-bond donors (Lipinski definition) is 1. The van der Waals surface area contributed by atoms with Crippen molar-refractivity contribution in [3.63, 3.8) is 0 Å². The average molecular weight is 413 g/mol. The number of carbonyl (C=O) groups is 2. The molecule has 0 spiro atoms. The van der Waals surface area contributed by atoms with Gasteiger partial charge in [-0.15, -0.1) is 0 Å². The maximum Gasteiger partial charge on any atom is 0.322 e. The van der Waals surface area contributed by atoms with Gasteiger partial charge in [0.25, 0.3) is 5.69 Å². The Morgan fingerprint density at radius 1 is 1.23 bits per heavy atom. The van der Waals surface area contributed by atoms with E-state index in [1.54, 1.807) is 0 Å². The fourth-order valence-corrected chi connectivity index (χ4v) is 3.29. The summed E-state index contributed by atoms with van der Waals surface area (Å²) in [4.78, 5) is 39.4. The molecule has 1 aromatic heterocycles. The van der Waals surface area contributed by atoms with E-state index in [1.807, 2.05) is 41.8 Å². The number of non-ortho nitro benzene ring substituents is 1. The number of amides is 3. The Morgan fingerprint density at radius 2 is 1.93 bits per heavy atom. The SMILES string of the molecule is CCCN(CC(=O)N(Cc1cccn1C)C1CC1)C(=O)Nc1ccc([N+](=O)[O-])cc1. The van der Waals surface area contributed by atoms with Crippen molar-refractivity contribution in [3.8, 4) is 0 Å². The van der Waals surface area contributed by atoms with Gasteiger partial charge in [0.2, 0.25) is 5.91 Å². The number of carbonyl (C=O) groups excluding carboxylic acids is 2. The number of aryl methyl sites for hydroxylation is 1. The standard InChI is InChI=1S/C21H27N5O4/c1-3-12-24(21(28)22-16-6-8-18(9-7-16)26(29)30)15-20(27)25(17-10-11-17)14-19-5-4-13-23(19)2/h4-9,13,17H,3,10-12,14-15H2,1-2H3,(H,22,28). The summed E-state index contributed by atoms with van der Waals surface area (Å²) in [7, 11) is 1.95. The van der Waals surface area contributed by atoms with Crippen molar-refractivity contribution >= 4 is 23.3 Å². The lowest BCUT2D eigenvalue weighted by Crippen LogP contribution is -2.45. The van der Waals surface area contributed by atoms with Crippen LogP contribution in [-0.4, -0.2) is 50.4 Å². The summed E-state index contributed by atoms with van der Waals surface area (Å²) >= 11 is 0. The zero-order valence-corrected chi connectivity index (χ0v) is 17.3. The number of nitrogens with zero attached hydrogens (tertiary/aromatic N) is 4. The molecule has 0 bridgehead atoms. The lowest BCUT2D eigenvalue weighted by Gasteiger charge is -2.28. The number of rotatable bonds is 9. The molecule has 1 heterocycles. The van der Waals surface area contributed by atoms with Gasteiger partial charge < -0.3 is 19.7 Å². The third-order valence-corrected chi connectivity index (χ3v) is 5.13. The van der Waals surface area contributed by atoms with Crippen LogP contribution in [0.3, 0.4) is 0 Å². The van der Waals surface area contributed by atoms with Crippen molar-refractivity contribution < 1.29 is 14.5 Å². The summed E-state index contributed by atoms with van der Waals surface area (Å²) in [6, 6.07) is 9.41. The molecule has 2 aromatic rings. The van der Waals surface area contributed by atoms with Gasteiger partial charge in [0.05, 0.1) is 11.5 Å². The number of hydrogen-bond acceptors (Lipinski definition) is 4. The van der Waals surface area contributed by atoms with Crippen LogP contribution >= 0.6 is 0 Å². The predicted octanol–water partition coefficient (Wildman–Crippen LogP) is 3.37. The minimum atomic E-state index is -0.493. The van der Waals surface area contributed by atoms with Gasteiger partial charge >= 0.3 is 6.03 Å². The molecule has 1 N–H and O–H groups in total. The molecule has 1 fully saturated rings. The van der Waals surface area contributed by atoms with Crippen LogP contribution in [-0.2, 0) is 18.4 Å². The molecule has 0 aliphatic heterocycles. The van der Waals surface area contributed by atoms with Gasteiger partial charge in [-0.2, -0.15) is 0 Å². The summed E-state index contributed by atoms with van der Waals surface area (Å²) in [6.45, 7) is 2.90. The van der Waals surface area contributed by atoms with E-state index in [1.165, 1.54) is 29.2 Å². The van der Waals surface area contributed by atoms with Crippen LogP contribution in [0.15, 0.2) is 42.6 Å². The Bertz CT molecular complexity index is 904. The van der Waals surface area contributed by atoms with Gasteiger partial charge in [-0.25, -0.2) is 4.79 Å². The largest absolute Gasteiger partial charge is 0.353 e. The molecular weight excluding hydrogens is 386 g/mol. The van der Waals surface area contributed by atoms with E-state index in [2.05, 4.69) is 5.32 Å². The maximum atomic E-state index is 13.0. The fraction of sp³-hybridized carbons (Fsp3) is 0.429. The second-order valence-corrected chi connectivity index (χ2v) is 7.52. The van der Waals surface area contributed by atoms with Crippen LogP contribution in [0.25, 0.3) is 0 Å². The van der Waals surface area contributed by atoms with Crippen LogP contribution in [0, 0.1) is 10.1 Å². The number of benzene rings is 1. The lowest BCUT2D eigenvalue weighted by atomic mass is 10.3. The minimum absolute atomic E-state index is 0.00637. The summed E-state index contributed by atoms with van der Waals surface area (Å²) in [6.07, 6.45) is 4.63. The van der Waals surface area contributed by atoms with E-state index >= 15 is 0 Å². The van der Waals surface area contributed by atoms with Crippen molar-refractivity contribution in [1.29, 1.82) is 0 Å². The molecule has 0 atom stereocenters. The van der Waals surface area contributed by atoms with Crippen LogP contribution in [0.2, 0.25) is 0 Å². The number of urea groups is 1. The van der Waals surface area contributed by atoms with E-state index < -0.39 is 11.0 Å². The zero-order valence-electron chi connectivity index (χ0n) is 17.3. The van der Waals surface area contributed by atoms with Gasteiger partial charge in [-0.3, -0.25) is 14.9 Å². The first kappa shape index (κ1) is 21.4. The van der Waals surface area contributed by atoms with Crippen LogP contribution in [0.4, 0.5) is 16.2 Å². The van der Waals surface area contributed by atoms with E-state index in [4.69, 9.17) is 0 Å². The third kappa shape index (κ3) is 5.37. The highest BCUT2D eigenvalue weighted by Crippen LogP contribution is 2.28. The molecule has 1 aliphatic carbocycles. The van der Waals surface area contributed by atoms with E-state index in [9.17, 15) is 19.7 Å². The number of anilines is 1. The Labute approximate surface area is 175 Å². The summed E-state index contributed by atoms with van der Waals surface area (Å²) in [5.41, 5.74) is 1.45.